The van der Waals surface area contributed by atoms with Gasteiger partial charge in [-0.15, -0.1) is 0 Å². The van der Waals surface area contributed by atoms with E-state index in [9.17, 15) is 23.6 Å². The lowest BCUT2D eigenvalue weighted by molar-refractivity contribution is -0.139. The van der Waals surface area contributed by atoms with Crippen molar-refractivity contribution in [3.05, 3.63) is 71.2 Å². The van der Waals surface area contributed by atoms with E-state index in [1.54, 1.807) is 45.0 Å². The van der Waals surface area contributed by atoms with Gasteiger partial charge in [-0.05, 0) is 56.5 Å². The molecule has 9 heteroatoms. The van der Waals surface area contributed by atoms with E-state index >= 15 is 0 Å². The van der Waals surface area contributed by atoms with Crippen molar-refractivity contribution in [2.45, 2.75) is 45.1 Å². The van der Waals surface area contributed by atoms with Crippen LogP contribution in [-0.4, -0.2) is 36.6 Å². The zero-order chi connectivity index (χ0) is 25.7. The molecule has 0 aliphatic carbocycles. The van der Waals surface area contributed by atoms with Gasteiger partial charge in [0.2, 0.25) is 11.8 Å². The second-order valence-corrected chi connectivity index (χ2v) is 9.42. The van der Waals surface area contributed by atoms with Crippen LogP contribution in [0, 0.1) is 5.82 Å². The summed E-state index contributed by atoms with van der Waals surface area (Å²) in [4.78, 5) is 55.0. The van der Waals surface area contributed by atoms with E-state index in [0.717, 1.165) is 29.2 Å². The Morgan fingerprint density at radius 2 is 1.74 bits per heavy atom. The van der Waals surface area contributed by atoms with Crippen molar-refractivity contribution in [3.63, 3.8) is 0 Å². The molecule has 35 heavy (non-hydrogen) atoms. The molecule has 0 saturated carbocycles. The lowest BCUT2D eigenvalue weighted by Crippen LogP contribution is -2.47. The maximum atomic E-state index is 14.4. The van der Waals surface area contributed by atoms with Gasteiger partial charge in [-0.25, -0.2) is 18.9 Å². The lowest BCUT2D eigenvalue weighted by atomic mass is 9.71. The fourth-order valence-corrected chi connectivity index (χ4v) is 4.59. The Bertz CT molecular complexity index is 1290. The fourth-order valence-electron chi connectivity index (χ4n) is 4.59. The number of rotatable bonds is 1. The van der Waals surface area contributed by atoms with Gasteiger partial charge in [0.15, 0.2) is 0 Å². The smallest absolute Gasteiger partial charge is 0.418 e. The summed E-state index contributed by atoms with van der Waals surface area (Å²) in [6.45, 7) is 6.26. The maximum absolute atomic E-state index is 14.4. The van der Waals surface area contributed by atoms with Crippen LogP contribution in [0.2, 0.25) is 0 Å². The van der Waals surface area contributed by atoms with Gasteiger partial charge in [0.1, 0.15) is 16.8 Å². The molecule has 1 atom stereocenters. The minimum atomic E-state index is -1.70. The monoisotopic (exact) mass is 480 g/mol. The molecule has 182 valence electrons. The van der Waals surface area contributed by atoms with Crippen molar-refractivity contribution < 1.29 is 33.0 Å². The molecule has 0 N–H and O–H groups in total. The molecule has 8 nitrogen and oxygen atoms in total. The minimum Gasteiger partial charge on any atom is -0.466 e. The quantitative estimate of drug-likeness (QED) is 0.573. The Labute approximate surface area is 201 Å². The van der Waals surface area contributed by atoms with E-state index in [4.69, 9.17) is 9.47 Å². The highest BCUT2D eigenvalue weighted by Gasteiger charge is 2.58. The normalized spacial score (nSPS) is 19.0. The number of esters is 1. The van der Waals surface area contributed by atoms with Crippen LogP contribution in [0.15, 0.2) is 54.2 Å². The first-order valence-electron chi connectivity index (χ1n) is 11.0. The molecule has 0 saturated heterocycles. The molecular formula is C26H25FN2O6. The summed E-state index contributed by atoms with van der Waals surface area (Å²) >= 11 is 0. The van der Waals surface area contributed by atoms with Gasteiger partial charge < -0.3 is 9.47 Å². The predicted octanol–water partition coefficient (Wildman–Crippen LogP) is 4.01. The second kappa shape index (κ2) is 8.33. The summed E-state index contributed by atoms with van der Waals surface area (Å²) in [7, 11) is 1.15. The third-order valence-corrected chi connectivity index (χ3v) is 5.96. The number of nitrogens with zero attached hydrogens (tertiary/aromatic N) is 2. The van der Waals surface area contributed by atoms with Crippen molar-refractivity contribution >= 4 is 35.3 Å². The number of imide groups is 1. The number of benzene rings is 2. The molecule has 2 aromatic rings. The summed E-state index contributed by atoms with van der Waals surface area (Å²) in [5, 5.41) is 0. The number of para-hydroxylation sites is 1. The highest BCUT2D eigenvalue weighted by atomic mass is 19.1. The standard InChI is InChI=1S/C26H25FN2O6/c1-15(30)29-20-9-7-6-8-18(20)26(23(29)32)13-16-10-11-17(27)12-21(16)28(14-19(26)22(31)34-5)24(33)35-25(2,3)4/h6-12,14H,13H2,1-5H3. The van der Waals surface area contributed by atoms with Crippen LogP contribution in [0.4, 0.5) is 20.6 Å². The Morgan fingerprint density at radius 1 is 1.06 bits per heavy atom. The Kier molecular flexibility index (Phi) is 5.75. The number of amides is 3. The summed E-state index contributed by atoms with van der Waals surface area (Å²) < 4.78 is 24.9. The van der Waals surface area contributed by atoms with Crippen LogP contribution in [0.5, 0.6) is 0 Å². The lowest BCUT2D eigenvalue weighted by Gasteiger charge is -2.29. The van der Waals surface area contributed by atoms with Crippen LogP contribution in [-0.2, 0) is 35.7 Å². The van der Waals surface area contributed by atoms with Crippen LogP contribution in [0.25, 0.3) is 0 Å². The predicted molar refractivity (Wildman–Crippen MR) is 125 cm³/mol. The van der Waals surface area contributed by atoms with Gasteiger partial charge in [0.05, 0.1) is 24.1 Å². The Morgan fingerprint density at radius 3 is 2.37 bits per heavy atom. The van der Waals surface area contributed by atoms with Crippen LogP contribution in [0.1, 0.15) is 38.8 Å². The van der Waals surface area contributed by atoms with Crippen molar-refractivity contribution in [1.82, 2.24) is 0 Å². The fraction of sp³-hybridized carbons (Fsp3) is 0.308. The summed E-state index contributed by atoms with van der Waals surface area (Å²) in [5.74, 6) is -2.69. The third kappa shape index (κ3) is 3.86. The summed E-state index contributed by atoms with van der Waals surface area (Å²) in [6.07, 6.45) is 0.163. The average Bonchev–Trinajstić information content (AvgIpc) is 2.92. The van der Waals surface area contributed by atoms with Crippen molar-refractivity contribution in [2.24, 2.45) is 0 Å². The SMILES string of the molecule is COC(=O)C1=CN(C(=O)OC(C)(C)C)c2cc(F)ccc2CC12C(=O)N(C(C)=O)c1ccccc12. The van der Waals surface area contributed by atoms with Crippen molar-refractivity contribution in [3.8, 4) is 0 Å². The summed E-state index contributed by atoms with van der Waals surface area (Å²) in [6, 6.07) is 10.4. The molecule has 1 unspecified atom stereocenters. The van der Waals surface area contributed by atoms with E-state index in [-0.39, 0.29) is 17.7 Å². The molecular weight excluding hydrogens is 455 g/mol. The second-order valence-electron chi connectivity index (χ2n) is 9.42. The zero-order valence-electron chi connectivity index (χ0n) is 20.0. The molecule has 0 fully saturated rings. The number of halogens is 1. The van der Waals surface area contributed by atoms with Gasteiger partial charge in [0, 0.05) is 13.1 Å². The molecule has 2 aliphatic heterocycles. The first-order valence-corrected chi connectivity index (χ1v) is 11.0. The zero-order valence-corrected chi connectivity index (χ0v) is 20.0. The van der Waals surface area contributed by atoms with Crippen LogP contribution < -0.4 is 9.80 Å². The van der Waals surface area contributed by atoms with E-state index < -0.39 is 40.7 Å². The molecule has 0 bridgehead atoms. The van der Waals surface area contributed by atoms with Gasteiger partial charge in [-0.2, -0.15) is 0 Å². The van der Waals surface area contributed by atoms with E-state index in [2.05, 4.69) is 0 Å². The van der Waals surface area contributed by atoms with Gasteiger partial charge in [-0.1, -0.05) is 24.3 Å². The van der Waals surface area contributed by atoms with Gasteiger partial charge >= 0.3 is 12.1 Å². The number of fused-ring (bicyclic) bond motifs is 3. The van der Waals surface area contributed by atoms with E-state index in [1.807, 2.05) is 0 Å². The maximum Gasteiger partial charge on any atom is 0.418 e. The Hall–Kier alpha value is -4.01. The van der Waals surface area contributed by atoms with Gasteiger partial charge in [0.25, 0.3) is 0 Å². The average molecular weight is 480 g/mol. The van der Waals surface area contributed by atoms with E-state index in [0.29, 0.717) is 16.8 Å². The van der Waals surface area contributed by atoms with Crippen LogP contribution >= 0.6 is 0 Å². The molecule has 3 amide bonds. The Balaban J connectivity index is 2.06. The number of anilines is 2. The minimum absolute atomic E-state index is 0.115. The van der Waals surface area contributed by atoms with E-state index in [1.165, 1.54) is 19.1 Å². The number of carbonyl (C=O) groups excluding carboxylic acids is 4. The molecule has 1 spiro atoms. The topological polar surface area (TPSA) is 93.2 Å². The molecule has 0 radical (unpaired) electrons. The molecule has 0 aromatic heterocycles. The highest BCUT2D eigenvalue weighted by molar-refractivity contribution is 6.26. The molecule has 4 rings (SSSR count). The molecule has 2 heterocycles. The number of hydrogen-bond acceptors (Lipinski definition) is 6. The van der Waals surface area contributed by atoms with Gasteiger partial charge in [-0.3, -0.25) is 14.5 Å². The number of carbonyl (C=O) groups is 4. The number of hydrogen-bond donors (Lipinski definition) is 0. The third-order valence-electron chi connectivity index (χ3n) is 5.96. The van der Waals surface area contributed by atoms with Crippen molar-refractivity contribution in [2.75, 3.05) is 16.9 Å². The largest absolute Gasteiger partial charge is 0.466 e. The summed E-state index contributed by atoms with van der Waals surface area (Å²) in [5.41, 5.74) is -1.52. The van der Waals surface area contributed by atoms with Crippen LogP contribution in [0.3, 0.4) is 0 Å². The van der Waals surface area contributed by atoms with Crippen molar-refractivity contribution in [1.29, 1.82) is 0 Å². The molecule has 2 aliphatic rings. The first kappa shape index (κ1) is 24.1. The number of methoxy groups -OCH3 is 1. The first-order chi connectivity index (χ1) is 16.4. The molecule has 2 aromatic carbocycles. The highest BCUT2D eigenvalue weighted by Crippen LogP contribution is 2.51. The number of ether oxygens (including phenoxy) is 2.